The number of Topliss-reactive ketones (excluding diaryl/α,β-unsaturated/α-hetero) is 1. The van der Waals surface area contributed by atoms with Gasteiger partial charge in [-0.05, 0) is 151 Å². The van der Waals surface area contributed by atoms with Crippen molar-refractivity contribution in [3.8, 4) is 0 Å². The van der Waals surface area contributed by atoms with Gasteiger partial charge in [0.2, 0.25) is 0 Å². The van der Waals surface area contributed by atoms with Crippen LogP contribution in [0.15, 0.2) is 29.2 Å². The number of hydrogen-bond acceptors (Lipinski definition) is 24. The number of aliphatic hydroxyl groups excluding tert-OH is 1. The lowest BCUT2D eigenvalue weighted by Crippen LogP contribution is -2.48. The Balaban J connectivity index is 0.000000357. The Morgan fingerprint density at radius 1 is 0.534 bits per heavy atom. The van der Waals surface area contributed by atoms with Crippen molar-refractivity contribution in [2.45, 2.75) is 211 Å². The lowest BCUT2D eigenvalue weighted by Gasteiger charge is -2.30. The molecular weight excluding hydrogens is 1250 g/mol. The van der Waals surface area contributed by atoms with Crippen molar-refractivity contribution >= 4 is 82.1 Å². The van der Waals surface area contributed by atoms with Gasteiger partial charge in [0.15, 0.2) is 34.3 Å². The molecule has 1 aromatic carbocycles. The van der Waals surface area contributed by atoms with Crippen molar-refractivity contribution in [1.82, 2.24) is 0 Å². The summed E-state index contributed by atoms with van der Waals surface area (Å²) in [7, 11) is -10.8. The van der Waals surface area contributed by atoms with Gasteiger partial charge in [-0.1, -0.05) is 29.5 Å². The predicted molar refractivity (Wildman–Crippen MR) is 337 cm³/mol. The molecule has 7 fully saturated rings. The van der Waals surface area contributed by atoms with E-state index in [0.29, 0.717) is 127 Å². The Bertz CT molecular complexity index is 2510. The topological polar surface area (TPSA) is 321 Å². The number of carboxylic acid groups (broad SMARTS) is 1. The highest BCUT2D eigenvalue weighted by Crippen LogP contribution is 2.35. The van der Waals surface area contributed by atoms with E-state index in [1.54, 1.807) is 49.9 Å². The summed E-state index contributed by atoms with van der Waals surface area (Å²) in [6.07, 6.45) is 9.61. The van der Waals surface area contributed by atoms with E-state index in [9.17, 15) is 49.2 Å². The highest BCUT2D eigenvalue weighted by atomic mass is 32.2. The summed E-state index contributed by atoms with van der Waals surface area (Å²) in [4.78, 5) is 55.5. The van der Waals surface area contributed by atoms with Gasteiger partial charge in [-0.15, -0.1) is 11.8 Å². The van der Waals surface area contributed by atoms with E-state index in [0.717, 1.165) is 83.7 Å². The average molecular weight is 1350 g/mol. The zero-order valence-electron chi connectivity index (χ0n) is 53.5. The van der Waals surface area contributed by atoms with Crippen LogP contribution in [0.3, 0.4) is 0 Å². The van der Waals surface area contributed by atoms with Gasteiger partial charge in [-0.25, -0.2) is 16.8 Å². The van der Waals surface area contributed by atoms with E-state index in [1.807, 2.05) is 27.7 Å². The maximum absolute atomic E-state index is 12.4. The molecule has 0 amide bonds. The van der Waals surface area contributed by atoms with Crippen molar-refractivity contribution in [2.24, 2.45) is 0 Å². The van der Waals surface area contributed by atoms with Crippen molar-refractivity contribution < 1.29 is 106 Å². The molecule has 0 aliphatic carbocycles. The fraction of sp³-hybridized carbons (Fsp3) is 0.817. The van der Waals surface area contributed by atoms with Gasteiger partial charge < -0.3 is 52.8 Å². The molecule has 7 saturated heterocycles. The van der Waals surface area contributed by atoms with E-state index in [2.05, 4.69) is 0 Å². The van der Waals surface area contributed by atoms with Crippen LogP contribution in [0.2, 0.25) is 0 Å². The lowest BCUT2D eigenvalue weighted by atomic mass is 10.2. The Kier molecular flexibility index (Phi) is 38.5. The lowest BCUT2D eigenvalue weighted by molar-refractivity contribution is -0.146. The first kappa shape index (κ1) is 81.3. The smallest absolute Gasteiger partial charge is 0.326 e. The number of carbonyl (C=O) groups excluding carboxylic acids is 4. The average Bonchev–Trinajstić information content (AvgIpc) is 2.74. The van der Waals surface area contributed by atoms with Crippen molar-refractivity contribution in [1.29, 1.82) is 0 Å². The number of ketones is 1. The second kappa shape index (κ2) is 41.7. The fourth-order valence-electron chi connectivity index (χ4n) is 8.94. The Labute approximate surface area is 532 Å². The number of carboxylic acids is 1. The first-order chi connectivity index (χ1) is 41.3. The Morgan fingerprint density at radius 3 is 1.26 bits per heavy atom. The minimum absolute atomic E-state index is 0.0891. The summed E-state index contributed by atoms with van der Waals surface area (Å²) < 4.78 is 120. The fourth-order valence-corrected chi connectivity index (χ4v) is 16.2. The summed E-state index contributed by atoms with van der Waals surface area (Å²) in [6.45, 7) is 25.7. The highest BCUT2D eigenvalue weighted by molar-refractivity contribution is 8.14. The van der Waals surface area contributed by atoms with Crippen LogP contribution in [0.1, 0.15) is 158 Å². The number of benzene rings is 1. The molecule has 7 aliphatic heterocycles. The van der Waals surface area contributed by atoms with E-state index in [4.69, 9.17) is 57.0 Å². The molecule has 7 aliphatic rings. The van der Waals surface area contributed by atoms with Gasteiger partial charge in [0.25, 0.3) is 10.1 Å². The summed E-state index contributed by atoms with van der Waals surface area (Å²) in [5, 5.41) is 17.9. The molecule has 0 spiro atoms. The van der Waals surface area contributed by atoms with Gasteiger partial charge in [0.05, 0.1) is 54.0 Å². The van der Waals surface area contributed by atoms with Gasteiger partial charge in [0.1, 0.15) is 10.5 Å². The number of sulfone groups is 2. The summed E-state index contributed by atoms with van der Waals surface area (Å²) in [6, 6.07) is 6.68. The number of aliphatic carboxylic acids is 1. The third-order valence-corrected chi connectivity index (χ3v) is 24.8. The van der Waals surface area contributed by atoms with Crippen LogP contribution in [-0.4, -0.2) is 217 Å². The van der Waals surface area contributed by atoms with Gasteiger partial charge in [0, 0.05) is 110 Å². The predicted octanol–water partition coefficient (Wildman–Crippen LogP) is 7.45. The minimum Gasteiger partial charge on any atom is -0.480 e. The molecular formula is C60H102O23S5. The van der Waals surface area contributed by atoms with E-state index in [1.165, 1.54) is 39.5 Å². The van der Waals surface area contributed by atoms with Crippen LogP contribution < -0.4 is 0 Å². The molecule has 0 bridgehead atoms. The highest BCUT2D eigenvalue weighted by Gasteiger charge is 2.48. The molecule has 23 nitrogen and oxygen atoms in total. The molecule has 7 heterocycles. The van der Waals surface area contributed by atoms with Gasteiger partial charge in [-0.3, -0.25) is 28.2 Å². The standard InChI is InChI=1S/C12H16O4S.C11H20O5S.C11H20O3S.C9H16O5S.C7H12O2S.C5H10O2.C5H8O2/c1-10-2-4-12(5-3-10)17(13,14)16-11-6-8-15-9-7-11;1-4-16-10(12)11(2,3)17(13,14)9-5-7-15-8-6-9;1-4-14-10(12)11(2,3)15-9-5-7-13-8-6-9;1-9(2,8(10)11)15(12,13)7-3-5-14-6-4-7;1-6(8)10-7-2-4-9-5-3-7;2*6-5-1-3-7-4-2-5/h2-5,11H,6-9H2,1H3;9H,4-8H2,1-3H3;9H,4-8H2,1-3H3;7H,3-6H2,1-2H3,(H,10,11);7H,2-5H2,1H3;5-6H,1-4H2;1-4H2. The number of esters is 2. The number of hydrogen-bond donors (Lipinski definition) is 2. The van der Waals surface area contributed by atoms with E-state index < -0.39 is 66.5 Å². The van der Waals surface area contributed by atoms with Crippen LogP contribution in [0.4, 0.5) is 0 Å². The SMILES string of the molecule is CC(=O)SC1CCOCC1.CC(C)(C(=O)O)S(=O)(=O)C1CCOCC1.CCOC(=O)C(C)(C)S(=O)(=O)C1CCOCC1.CCOC(=O)C(C)(C)SC1CCOCC1.Cc1ccc(S(=O)(=O)OC2CCOCC2)cc1.O=C1CCOCC1.OC1CCOCC1. The molecule has 0 saturated carbocycles. The number of carbonyl (C=O) groups is 5. The van der Waals surface area contributed by atoms with Crippen LogP contribution >= 0.6 is 23.5 Å². The molecule has 0 atom stereocenters. The largest absolute Gasteiger partial charge is 0.480 e. The summed E-state index contributed by atoms with van der Waals surface area (Å²) >= 11 is 3.17. The molecule has 88 heavy (non-hydrogen) atoms. The molecule has 510 valence electrons. The van der Waals surface area contributed by atoms with Crippen LogP contribution in [-0.2, 0) is 101 Å². The second-order valence-electron chi connectivity index (χ2n) is 23.0. The molecule has 0 aromatic heterocycles. The normalized spacial score (nSPS) is 20.0. The van der Waals surface area contributed by atoms with E-state index in [-0.39, 0.29) is 34.8 Å². The first-order valence-electron chi connectivity index (χ1n) is 30.5. The van der Waals surface area contributed by atoms with Crippen molar-refractivity contribution in [3.63, 3.8) is 0 Å². The first-order valence-corrected chi connectivity index (χ1v) is 36.7. The zero-order valence-corrected chi connectivity index (χ0v) is 57.6. The minimum atomic E-state index is -3.64. The third kappa shape index (κ3) is 29.8. The Morgan fingerprint density at radius 2 is 0.898 bits per heavy atom. The third-order valence-electron chi connectivity index (χ3n) is 14.8. The van der Waals surface area contributed by atoms with Gasteiger partial charge in [-0.2, -0.15) is 8.42 Å². The van der Waals surface area contributed by atoms with Crippen molar-refractivity contribution in [2.75, 3.05) is 106 Å². The maximum Gasteiger partial charge on any atom is 0.326 e. The molecule has 2 N–H and O–H groups in total. The number of ether oxygens (including phenoxy) is 9. The zero-order chi connectivity index (χ0) is 66.0. The van der Waals surface area contributed by atoms with Crippen molar-refractivity contribution in [3.05, 3.63) is 29.8 Å². The molecule has 0 radical (unpaired) electrons. The Hall–Kier alpha value is -2.84. The van der Waals surface area contributed by atoms with Crippen LogP contribution in [0.5, 0.6) is 0 Å². The molecule has 0 unspecified atom stereocenters. The number of aryl methyl sites for hydroxylation is 1. The quantitative estimate of drug-likeness (QED) is 0.127. The van der Waals surface area contributed by atoms with Gasteiger partial charge >= 0.3 is 17.9 Å². The summed E-state index contributed by atoms with van der Waals surface area (Å²) in [5.74, 6) is -1.74. The number of thioether (sulfide) groups is 2. The molecule has 28 heteroatoms. The number of aliphatic hydroxyl groups is 1. The van der Waals surface area contributed by atoms with Crippen LogP contribution in [0, 0.1) is 6.92 Å². The van der Waals surface area contributed by atoms with Crippen LogP contribution in [0.25, 0.3) is 0 Å². The summed E-state index contributed by atoms with van der Waals surface area (Å²) in [5.41, 5.74) is 1.02. The molecule has 1 aromatic rings. The second-order valence-corrected chi connectivity index (χ2v) is 33.5. The number of rotatable bonds is 15. The van der Waals surface area contributed by atoms with E-state index >= 15 is 0 Å². The maximum atomic E-state index is 12.4. The molecule has 8 rings (SSSR count). The monoisotopic (exact) mass is 1350 g/mol.